The van der Waals surface area contributed by atoms with E-state index in [4.69, 9.17) is 9.26 Å². The molecule has 0 bridgehead atoms. The number of nitrogens with zero attached hydrogens (tertiary/aromatic N) is 4. The van der Waals surface area contributed by atoms with Gasteiger partial charge in [0.05, 0.1) is 12.3 Å². The van der Waals surface area contributed by atoms with Crippen molar-refractivity contribution in [2.24, 2.45) is 10.4 Å². The first-order valence-corrected chi connectivity index (χ1v) is 9.00. The van der Waals surface area contributed by atoms with Gasteiger partial charge in [-0.2, -0.15) is 0 Å². The molecule has 0 aromatic carbocycles. The van der Waals surface area contributed by atoms with Crippen LogP contribution in [0.2, 0.25) is 0 Å². The maximum absolute atomic E-state index is 9.83. The Balaban J connectivity index is 0.00000243. The Labute approximate surface area is 172 Å². The third-order valence-corrected chi connectivity index (χ3v) is 5.27. The van der Waals surface area contributed by atoms with E-state index in [0.717, 1.165) is 77.0 Å². The van der Waals surface area contributed by atoms with Gasteiger partial charge >= 0.3 is 0 Å². The fourth-order valence-corrected chi connectivity index (χ4v) is 3.46. The van der Waals surface area contributed by atoms with Crippen LogP contribution < -0.4 is 5.32 Å². The number of halogens is 1. The average molecular weight is 479 g/mol. The average Bonchev–Trinajstić information content (AvgIpc) is 3.17. The van der Waals surface area contributed by atoms with Gasteiger partial charge in [-0.1, -0.05) is 5.16 Å². The molecule has 3 rings (SSSR count). The number of hydrogen-bond donors (Lipinski definition) is 2. The summed E-state index contributed by atoms with van der Waals surface area (Å²) in [5, 5.41) is 17.3. The van der Waals surface area contributed by atoms with Crippen molar-refractivity contribution in [3.05, 3.63) is 18.0 Å². The Kier molecular flexibility index (Phi) is 8.58. The molecule has 3 heterocycles. The van der Waals surface area contributed by atoms with Gasteiger partial charge in [0.15, 0.2) is 5.96 Å². The Bertz CT molecular complexity index is 541. The number of aliphatic hydroxyl groups is 1. The van der Waals surface area contributed by atoms with Gasteiger partial charge in [-0.3, -0.25) is 9.89 Å². The number of piperazine rings is 1. The zero-order chi connectivity index (χ0) is 17.5. The van der Waals surface area contributed by atoms with Crippen LogP contribution in [0.15, 0.2) is 21.8 Å². The molecule has 1 aromatic heterocycles. The highest BCUT2D eigenvalue weighted by molar-refractivity contribution is 14.0. The lowest BCUT2D eigenvalue weighted by molar-refractivity contribution is -0.0135. The maximum atomic E-state index is 9.83. The van der Waals surface area contributed by atoms with Crippen molar-refractivity contribution in [1.29, 1.82) is 0 Å². The largest absolute Gasteiger partial charge is 0.396 e. The van der Waals surface area contributed by atoms with Crippen molar-refractivity contribution >= 4 is 29.9 Å². The summed E-state index contributed by atoms with van der Waals surface area (Å²) < 4.78 is 10.3. The van der Waals surface area contributed by atoms with Crippen molar-refractivity contribution in [2.45, 2.75) is 19.4 Å². The number of rotatable bonds is 5. The molecule has 26 heavy (non-hydrogen) atoms. The van der Waals surface area contributed by atoms with Gasteiger partial charge in [0, 0.05) is 71.0 Å². The van der Waals surface area contributed by atoms with Gasteiger partial charge in [0.1, 0.15) is 6.26 Å². The number of aliphatic hydroxyl groups excluding tert-OH is 1. The van der Waals surface area contributed by atoms with E-state index in [1.54, 1.807) is 6.26 Å². The Morgan fingerprint density at radius 2 is 2.04 bits per heavy atom. The predicted octanol–water partition coefficient (Wildman–Crippen LogP) is 0.775. The van der Waals surface area contributed by atoms with Crippen LogP contribution in [0.4, 0.5) is 0 Å². The summed E-state index contributed by atoms with van der Waals surface area (Å²) in [7, 11) is 1.82. The zero-order valence-electron chi connectivity index (χ0n) is 15.4. The van der Waals surface area contributed by atoms with Crippen LogP contribution in [0.1, 0.15) is 18.5 Å². The van der Waals surface area contributed by atoms with Crippen molar-refractivity contribution < 1.29 is 14.4 Å². The van der Waals surface area contributed by atoms with E-state index in [-0.39, 0.29) is 36.0 Å². The molecule has 2 saturated heterocycles. The molecule has 0 aliphatic carbocycles. The fraction of sp³-hybridized carbons (Fsp3) is 0.765. The van der Waals surface area contributed by atoms with E-state index in [9.17, 15) is 5.11 Å². The van der Waals surface area contributed by atoms with E-state index in [2.05, 4.69) is 25.3 Å². The first kappa shape index (κ1) is 21.4. The second-order valence-electron chi connectivity index (χ2n) is 6.93. The Morgan fingerprint density at radius 1 is 1.31 bits per heavy atom. The van der Waals surface area contributed by atoms with Crippen LogP contribution in [-0.2, 0) is 11.3 Å². The topological polar surface area (TPSA) is 86.4 Å². The van der Waals surface area contributed by atoms with E-state index < -0.39 is 0 Å². The SMILES string of the molecule is CN=C(NCC1(CO)CCOCC1)N1CCN(Cc2ccon2)CC1.I. The summed E-state index contributed by atoms with van der Waals surface area (Å²) >= 11 is 0. The number of hydrogen-bond acceptors (Lipinski definition) is 6. The molecule has 2 aliphatic rings. The van der Waals surface area contributed by atoms with Crippen molar-refractivity contribution in [1.82, 2.24) is 20.3 Å². The minimum atomic E-state index is -0.0943. The van der Waals surface area contributed by atoms with Crippen molar-refractivity contribution in [3.8, 4) is 0 Å². The highest BCUT2D eigenvalue weighted by Gasteiger charge is 2.32. The molecular weight excluding hydrogens is 449 g/mol. The van der Waals surface area contributed by atoms with E-state index >= 15 is 0 Å². The van der Waals surface area contributed by atoms with Crippen LogP contribution in [0.25, 0.3) is 0 Å². The standard InChI is InChI=1S/C17H29N5O3.HI/c1-18-16(19-13-17(14-23)3-10-24-11-4-17)22-7-5-21(6-8-22)12-15-2-9-25-20-15;/h2,9,23H,3-8,10-14H2,1H3,(H,18,19);1H. The fourth-order valence-electron chi connectivity index (χ4n) is 3.46. The second kappa shape index (κ2) is 10.4. The normalized spacial score (nSPS) is 21.3. The quantitative estimate of drug-likeness (QED) is 0.367. The van der Waals surface area contributed by atoms with Gasteiger partial charge in [-0.25, -0.2) is 0 Å². The third kappa shape index (κ3) is 5.54. The van der Waals surface area contributed by atoms with Crippen LogP contribution in [0.3, 0.4) is 0 Å². The summed E-state index contributed by atoms with van der Waals surface area (Å²) in [6.45, 7) is 6.97. The van der Waals surface area contributed by atoms with Gasteiger partial charge < -0.3 is 24.6 Å². The minimum Gasteiger partial charge on any atom is -0.396 e. The number of aliphatic imine (C=N–C) groups is 1. The smallest absolute Gasteiger partial charge is 0.193 e. The molecule has 2 aliphatic heterocycles. The summed E-state index contributed by atoms with van der Waals surface area (Å²) in [5.74, 6) is 0.917. The summed E-state index contributed by atoms with van der Waals surface area (Å²) in [4.78, 5) is 9.09. The number of nitrogens with one attached hydrogen (secondary N) is 1. The second-order valence-corrected chi connectivity index (χ2v) is 6.93. The Morgan fingerprint density at radius 3 is 2.62 bits per heavy atom. The highest BCUT2D eigenvalue weighted by atomic mass is 127. The van der Waals surface area contributed by atoms with E-state index in [1.165, 1.54) is 0 Å². The minimum absolute atomic E-state index is 0. The number of aromatic nitrogens is 1. The van der Waals surface area contributed by atoms with Crippen molar-refractivity contribution in [3.63, 3.8) is 0 Å². The molecule has 0 spiro atoms. The van der Waals surface area contributed by atoms with Crippen LogP contribution in [0, 0.1) is 5.41 Å². The molecule has 0 amide bonds. The van der Waals surface area contributed by atoms with Crippen LogP contribution in [0.5, 0.6) is 0 Å². The molecule has 0 saturated carbocycles. The van der Waals surface area contributed by atoms with Crippen molar-refractivity contribution in [2.75, 3.05) is 59.6 Å². The molecule has 2 fully saturated rings. The lowest BCUT2D eigenvalue weighted by atomic mass is 9.81. The molecule has 2 N–H and O–H groups in total. The maximum Gasteiger partial charge on any atom is 0.193 e. The number of guanidine groups is 1. The molecule has 0 unspecified atom stereocenters. The molecule has 148 valence electrons. The first-order chi connectivity index (χ1) is 12.2. The van der Waals surface area contributed by atoms with Crippen LogP contribution >= 0.6 is 24.0 Å². The van der Waals surface area contributed by atoms with E-state index in [0.29, 0.717) is 0 Å². The molecule has 0 radical (unpaired) electrons. The third-order valence-electron chi connectivity index (χ3n) is 5.27. The lowest BCUT2D eigenvalue weighted by Crippen LogP contribution is -2.54. The van der Waals surface area contributed by atoms with Gasteiger partial charge in [-0.05, 0) is 12.8 Å². The van der Waals surface area contributed by atoms with Gasteiger partial charge in [-0.15, -0.1) is 24.0 Å². The highest BCUT2D eigenvalue weighted by Crippen LogP contribution is 2.29. The molecule has 9 heteroatoms. The molecule has 8 nitrogen and oxygen atoms in total. The van der Waals surface area contributed by atoms with Gasteiger partial charge in [0.2, 0.25) is 0 Å². The monoisotopic (exact) mass is 479 g/mol. The van der Waals surface area contributed by atoms with Crippen LogP contribution in [-0.4, -0.2) is 85.6 Å². The molecule has 1 aromatic rings. The van der Waals surface area contributed by atoms with E-state index in [1.807, 2.05) is 13.1 Å². The zero-order valence-corrected chi connectivity index (χ0v) is 17.7. The summed E-state index contributed by atoms with van der Waals surface area (Å²) in [6.07, 6.45) is 3.39. The van der Waals surface area contributed by atoms with Gasteiger partial charge in [0.25, 0.3) is 0 Å². The Hall–Kier alpha value is -0.910. The molecule has 0 atom stereocenters. The number of ether oxygens (including phenoxy) is 1. The lowest BCUT2D eigenvalue weighted by Gasteiger charge is -2.39. The first-order valence-electron chi connectivity index (χ1n) is 9.00. The molecular formula is C17H30IN5O3. The summed E-state index contributed by atoms with van der Waals surface area (Å²) in [6, 6.07) is 1.91. The summed E-state index contributed by atoms with van der Waals surface area (Å²) in [5.41, 5.74) is 0.878. The predicted molar refractivity (Wildman–Crippen MR) is 110 cm³/mol.